The lowest BCUT2D eigenvalue weighted by molar-refractivity contribution is 0.378. The highest BCUT2D eigenvalue weighted by molar-refractivity contribution is 9.10. The molecule has 0 aliphatic rings. The van der Waals surface area contributed by atoms with Crippen molar-refractivity contribution in [1.82, 2.24) is 0 Å². The number of aryl methyl sites for hydroxylation is 1. The van der Waals surface area contributed by atoms with Gasteiger partial charge >= 0.3 is 0 Å². The third kappa shape index (κ3) is 4.22. The number of halogens is 1. The van der Waals surface area contributed by atoms with Gasteiger partial charge in [-0.05, 0) is 55.7 Å². The lowest BCUT2D eigenvalue weighted by Gasteiger charge is -2.13. The Balaban J connectivity index is 2.22. The number of hydrogen-bond donors (Lipinski definition) is 1. The predicted octanol–water partition coefficient (Wildman–Crippen LogP) is 4.45. The summed E-state index contributed by atoms with van der Waals surface area (Å²) in [5.41, 5.74) is 8.14. The van der Waals surface area contributed by atoms with Gasteiger partial charge in [0.15, 0.2) is 11.5 Å². The van der Waals surface area contributed by atoms with Crippen LogP contribution in [-0.4, -0.2) is 13.2 Å². The first-order valence-corrected chi connectivity index (χ1v) is 7.65. The molecule has 0 amide bonds. The molecular weight excluding hydrogens is 330 g/mol. The van der Waals surface area contributed by atoms with Gasteiger partial charge in [0.2, 0.25) is 0 Å². The quantitative estimate of drug-likeness (QED) is 0.867. The van der Waals surface area contributed by atoms with Gasteiger partial charge in [0, 0.05) is 10.5 Å². The molecule has 0 aliphatic heterocycles. The second kappa shape index (κ2) is 6.96. The van der Waals surface area contributed by atoms with Crippen molar-refractivity contribution in [3.8, 4) is 17.2 Å². The van der Waals surface area contributed by atoms with Crippen LogP contribution >= 0.6 is 15.9 Å². The smallest absolute Gasteiger partial charge is 0.169 e. The number of nitrogens with two attached hydrogens (primary N) is 1. The standard InChI is InChI=1S/C17H20BrNO2/c1-11-4-7-16(17(8-11)20-3)21-14-6-5-13(9-12(2)19)15(18)10-14/h4-8,10,12H,9,19H2,1-3H3. The first-order valence-electron chi connectivity index (χ1n) is 6.86. The summed E-state index contributed by atoms with van der Waals surface area (Å²) in [6, 6.07) is 11.9. The van der Waals surface area contributed by atoms with Gasteiger partial charge in [0.25, 0.3) is 0 Å². The van der Waals surface area contributed by atoms with E-state index in [0.717, 1.165) is 28.0 Å². The third-order valence-corrected chi connectivity index (χ3v) is 3.85. The van der Waals surface area contributed by atoms with Crippen molar-refractivity contribution < 1.29 is 9.47 Å². The summed E-state index contributed by atoms with van der Waals surface area (Å²) in [5, 5.41) is 0. The maximum Gasteiger partial charge on any atom is 0.169 e. The fourth-order valence-electron chi connectivity index (χ4n) is 2.09. The minimum Gasteiger partial charge on any atom is -0.493 e. The van der Waals surface area contributed by atoms with Crippen LogP contribution in [-0.2, 0) is 6.42 Å². The number of methoxy groups -OCH3 is 1. The number of ether oxygens (including phenoxy) is 2. The molecule has 4 heteroatoms. The van der Waals surface area contributed by atoms with Crippen LogP contribution in [0.3, 0.4) is 0 Å². The Morgan fingerprint density at radius 1 is 1.14 bits per heavy atom. The summed E-state index contributed by atoms with van der Waals surface area (Å²) in [6.07, 6.45) is 0.828. The molecule has 3 nitrogen and oxygen atoms in total. The molecule has 0 spiro atoms. The summed E-state index contributed by atoms with van der Waals surface area (Å²) < 4.78 is 12.3. The second-order valence-electron chi connectivity index (χ2n) is 5.19. The molecule has 21 heavy (non-hydrogen) atoms. The van der Waals surface area contributed by atoms with E-state index in [2.05, 4.69) is 15.9 Å². The van der Waals surface area contributed by atoms with Gasteiger partial charge < -0.3 is 15.2 Å². The average Bonchev–Trinajstić information content (AvgIpc) is 2.43. The normalized spacial score (nSPS) is 12.0. The van der Waals surface area contributed by atoms with E-state index < -0.39 is 0 Å². The van der Waals surface area contributed by atoms with Crippen molar-refractivity contribution in [3.05, 3.63) is 52.0 Å². The van der Waals surface area contributed by atoms with E-state index in [9.17, 15) is 0 Å². The minimum atomic E-state index is 0.130. The fourth-order valence-corrected chi connectivity index (χ4v) is 2.61. The van der Waals surface area contributed by atoms with Crippen LogP contribution < -0.4 is 15.2 Å². The zero-order valence-corrected chi connectivity index (χ0v) is 14.1. The van der Waals surface area contributed by atoms with Crippen molar-refractivity contribution in [1.29, 1.82) is 0 Å². The Hall–Kier alpha value is -1.52. The molecule has 0 heterocycles. The van der Waals surface area contributed by atoms with E-state index in [1.54, 1.807) is 7.11 Å². The Morgan fingerprint density at radius 2 is 1.90 bits per heavy atom. The second-order valence-corrected chi connectivity index (χ2v) is 6.05. The van der Waals surface area contributed by atoms with E-state index in [-0.39, 0.29) is 6.04 Å². The lowest BCUT2D eigenvalue weighted by Crippen LogP contribution is -2.17. The highest BCUT2D eigenvalue weighted by Gasteiger charge is 2.08. The first-order chi connectivity index (χ1) is 9.99. The minimum absolute atomic E-state index is 0.130. The van der Waals surface area contributed by atoms with Gasteiger partial charge in [-0.15, -0.1) is 0 Å². The van der Waals surface area contributed by atoms with E-state index in [1.165, 1.54) is 5.56 Å². The van der Waals surface area contributed by atoms with Gasteiger partial charge in [-0.2, -0.15) is 0 Å². The molecule has 1 unspecified atom stereocenters. The van der Waals surface area contributed by atoms with E-state index in [1.807, 2.05) is 50.2 Å². The van der Waals surface area contributed by atoms with Crippen molar-refractivity contribution >= 4 is 15.9 Å². The molecule has 0 bridgehead atoms. The van der Waals surface area contributed by atoms with Crippen molar-refractivity contribution in [2.24, 2.45) is 5.73 Å². The molecule has 112 valence electrons. The molecule has 0 fully saturated rings. The summed E-state index contributed by atoms with van der Waals surface area (Å²) >= 11 is 3.57. The zero-order chi connectivity index (χ0) is 15.4. The number of rotatable bonds is 5. The summed E-state index contributed by atoms with van der Waals surface area (Å²) in [4.78, 5) is 0. The Morgan fingerprint density at radius 3 is 2.52 bits per heavy atom. The zero-order valence-electron chi connectivity index (χ0n) is 12.5. The lowest BCUT2D eigenvalue weighted by atomic mass is 10.1. The van der Waals surface area contributed by atoms with E-state index in [4.69, 9.17) is 15.2 Å². The first kappa shape index (κ1) is 15.9. The molecule has 0 aromatic heterocycles. The number of benzene rings is 2. The van der Waals surface area contributed by atoms with Gasteiger partial charge in [0.05, 0.1) is 7.11 Å². The van der Waals surface area contributed by atoms with E-state index >= 15 is 0 Å². The van der Waals surface area contributed by atoms with Crippen LogP contribution in [0, 0.1) is 6.92 Å². The van der Waals surface area contributed by atoms with Crippen LogP contribution in [0.25, 0.3) is 0 Å². The molecule has 0 aliphatic carbocycles. The molecule has 0 saturated carbocycles. The van der Waals surface area contributed by atoms with Crippen molar-refractivity contribution in [3.63, 3.8) is 0 Å². The third-order valence-electron chi connectivity index (χ3n) is 3.11. The van der Waals surface area contributed by atoms with Crippen LogP contribution in [0.4, 0.5) is 0 Å². The van der Waals surface area contributed by atoms with Crippen LogP contribution in [0.15, 0.2) is 40.9 Å². The molecule has 0 saturated heterocycles. The van der Waals surface area contributed by atoms with Crippen LogP contribution in [0.5, 0.6) is 17.2 Å². The van der Waals surface area contributed by atoms with Gasteiger partial charge in [-0.25, -0.2) is 0 Å². The molecule has 2 N–H and O–H groups in total. The Labute approximate surface area is 134 Å². The number of hydrogen-bond acceptors (Lipinski definition) is 3. The molecular formula is C17H20BrNO2. The summed E-state index contributed by atoms with van der Waals surface area (Å²) in [5.74, 6) is 2.19. The highest BCUT2D eigenvalue weighted by Crippen LogP contribution is 2.34. The average molecular weight is 350 g/mol. The summed E-state index contributed by atoms with van der Waals surface area (Å²) in [6.45, 7) is 4.01. The van der Waals surface area contributed by atoms with Crippen molar-refractivity contribution in [2.75, 3.05) is 7.11 Å². The molecule has 2 aromatic rings. The molecule has 2 aromatic carbocycles. The fraction of sp³-hybridized carbons (Fsp3) is 0.294. The monoisotopic (exact) mass is 349 g/mol. The van der Waals surface area contributed by atoms with Crippen LogP contribution in [0.2, 0.25) is 0 Å². The van der Waals surface area contributed by atoms with Gasteiger partial charge in [0.1, 0.15) is 5.75 Å². The Bertz CT molecular complexity index is 626. The molecule has 1 atom stereocenters. The topological polar surface area (TPSA) is 44.5 Å². The maximum atomic E-state index is 5.91. The van der Waals surface area contributed by atoms with Crippen molar-refractivity contribution in [2.45, 2.75) is 26.3 Å². The summed E-state index contributed by atoms with van der Waals surface area (Å²) in [7, 11) is 1.64. The molecule has 0 radical (unpaired) electrons. The molecule has 2 rings (SSSR count). The van der Waals surface area contributed by atoms with E-state index in [0.29, 0.717) is 5.75 Å². The van der Waals surface area contributed by atoms with Gasteiger partial charge in [-0.3, -0.25) is 0 Å². The largest absolute Gasteiger partial charge is 0.493 e. The van der Waals surface area contributed by atoms with Crippen LogP contribution in [0.1, 0.15) is 18.1 Å². The van der Waals surface area contributed by atoms with Gasteiger partial charge in [-0.1, -0.05) is 28.1 Å². The predicted molar refractivity (Wildman–Crippen MR) is 89.3 cm³/mol. The maximum absolute atomic E-state index is 5.91. The Kier molecular flexibility index (Phi) is 5.26. The SMILES string of the molecule is COc1cc(C)ccc1Oc1ccc(CC(C)N)c(Br)c1. The highest BCUT2D eigenvalue weighted by atomic mass is 79.9.